The zero-order chi connectivity index (χ0) is 12.8. The number of aryl methyl sites for hydroxylation is 1. The van der Waals surface area contributed by atoms with Gasteiger partial charge >= 0.3 is 0 Å². The molecular formula is C14H15BrClN. The van der Waals surface area contributed by atoms with Crippen LogP contribution in [0.1, 0.15) is 32.0 Å². The van der Waals surface area contributed by atoms with Gasteiger partial charge in [-0.1, -0.05) is 54.4 Å². The fourth-order valence-electron chi connectivity index (χ4n) is 1.75. The number of benzene rings is 1. The van der Waals surface area contributed by atoms with Gasteiger partial charge in [0.05, 0.1) is 10.5 Å². The highest BCUT2D eigenvalue weighted by atomic mass is 79.9. The van der Waals surface area contributed by atoms with Gasteiger partial charge < -0.3 is 0 Å². The van der Waals surface area contributed by atoms with Gasteiger partial charge in [-0.3, -0.25) is 4.98 Å². The summed E-state index contributed by atoms with van der Waals surface area (Å²) in [5.74, 6) is 0. The number of hydrogen-bond donors (Lipinski definition) is 0. The van der Waals surface area contributed by atoms with Crippen LogP contribution in [0.25, 0.3) is 10.9 Å². The molecule has 2 rings (SSSR count). The maximum Gasteiger partial charge on any atom is 0.0760 e. The summed E-state index contributed by atoms with van der Waals surface area (Å²) in [6, 6.07) is 5.99. The smallest absolute Gasteiger partial charge is 0.0760 e. The van der Waals surface area contributed by atoms with Crippen molar-refractivity contribution in [3.05, 3.63) is 39.0 Å². The molecule has 0 aliphatic heterocycles. The third kappa shape index (κ3) is 2.34. The molecule has 0 radical (unpaired) electrons. The molecule has 0 bridgehead atoms. The van der Waals surface area contributed by atoms with Crippen LogP contribution in [0.2, 0.25) is 5.02 Å². The first-order chi connectivity index (χ1) is 7.80. The standard InChI is InChI=1S/C14H15BrClN/c1-8-10(15)6-5-9-11(16)7-12(14(2,3)4)17-13(8)9/h5-7H,1-4H3. The van der Waals surface area contributed by atoms with E-state index < -0.39 is 0 Å². The fourth-order valence-corrected chi connectivity index (χ4v) is 2.32. The number of fused-ring (bicyclic) bond motifs is 1. The fraction of sp³-hybridized carbons (Fsp3) is 0.357. The van der Waals surface area contributed by atoms with Crippen LogP contribution in [0.4, 0.5) is 0 Å². The van der Waals surface area contributed by atoms with E-state index in [-0.39, 0.29) is 5.41 Å². The van der Waals surface area contributed by atoms with E-state index in [1.807, 2.05) is 18.2 Å². The molecule has 0 N–H and O–H groups in total. The Morgan fingerprint density at radius 2 is 1.88 bits per heavy atom. The van der Waals surface area contributed by atoms with Crippen LogP contribution in [-0.4, -0.2) is 4.98 Å². The summed E-state index contributed by atoms with van der Waals surface area (Å²) in [6.07, 6.45) is 0. The molecule has 0 unspecified atom stereocenters. The van der Waals surface area contributed by atoms with Crippen molar-refractivity contribution in [3.8, 4) is 0 Å². The Labute approximate surface area is 115 Å². The lowest BCUT2D eigenvalue weighted by atomic mass is 9.91. The van der Waals surface area contributed by atoms with E-state index in [0.717, 1.165) is 31.7 Å². The Morgan fingerprint density at radius 1 is 1.24 bits per heavy atom. The van der Waals surface area contributed by atoms with Crippen LogP contribution < -0.4 is 0 Å². The van der Waals surface area contributed by atoms with Gasteiger partial charge in [0, 0.05) is 21.0 Å². The highest BCUT2D eigenvalue weighted by molar-refractivity contribution is 9.10. The van der Waals surface area contributed by atoms with Crippen molar-refractivity contribution in [1.29, 1.82) is 0 Å². The number of rotatable bonds is 0. The van der Waals surface area contributed by atoms with Crippen molar-refractivity contribution in [3.63, 3.8) is 0 Å². The van der Waals surface area contributed by atoms with Crippen molar-refractivity contribution in [2.24, 2.45) is 0 Å². The molecule has 1 nitrogen and oxygen atoms in total. The zero-order valence-corrected chi connectivity index (χ0v) is 12.8. The minimum Gasteiger partial charge on any atom is -0.252 e. The number of halogens is 2. The Balaban J connectivity index is 2.84. The van der Waals surface area contributed by atoms with Crippen LogP contribution in [0.3, 0.4) is 0 Å². The third-order valence-electron chi connectivity index (χ3n) is 2.89. The highest BCUT2D eigenvalue weighted by Crippen LogP contribution is 2.32. The molecule has 1 heterocycles. The second-order valence-electron chi connectivity index (χ2n) is 5.31. The molecule has 1 aromatic carbocycles. The molecule has 0 fully saturated rings. The Hall–Kier alpha value is -0.600. The lowest BCUT2D eigenvalue weighted by molar-refractivity contribution is 0.571. The van der Waals surface area contributed by atoms with E-state index in [2.05, 4.69) is 43.6 Å². The average Bonchev–Trinajstić information content (AvgIpc) is 2.22. The lowest BCUT2D eigenvalue weighted by Gasteiger charge is -2.19. The number of aromatic nitrogens is 1. The van der Waals surface area contributed by atoms with Crippen LogP contribution >= 0.6 is 27.5 Å². The van der Waals surface area contributed by atoms with E-state index in [1.165, 1.54) is 0 Å². The van der Waals surface area contributed by atoms with Gasteiger partial charge in [0.1, 0.15) is 0 Å². The Bertz CT molecular complexity index is 585. The van der Waals surface area contributed by atoms with Crippen LogP contribution in [0.15, 0.2) is 22.7 Å². The van der Waals surface area contributed by atoms with Crippen molar-refractivity contribution >= 4 is 38.4 Å². The van der Waals surface area contributed by atoms with E-state index in [0.29, 0.717) is 0 Å². The van der Waals surface area contributed by atoms with Crippen LogP contribution in [0.5, 0.6) is 0 Å². The van der Waals surface area contributed by atoms with Crippen molar-refractivity contribution in [2.45, 2.75) is 33.1 Å². The van der Waals surface area contributed by atoms with Crippen molar-refractivity contribution in [1.82, 2.24) is 4.98 Å². The molecule has 1 aromatic heterocycles. The molecule has 2 aromatic rings. The van der Waals surface area contributed by atoms with E-state index in [4.69, 9.17) is 16.6 Å². The molecule has 3 heteroatoms. The quantitative estimate of drug-likeness (QED) is 0.647. The van der Waals surface area contributed by atoms with E-state index >= 15 is 0 Å². The maximum atomic E-state index is 6.34. The summed E-state index contributed by atoms with van der Waals surface area (Å²) in [5, 5.41) is 1.79. The Kier molecular flexibility index (Phi) is 3.21. The van der Waals surface area contributed by atoms with Gasteiger partial charge in [0.25, 0.3) is 0 Å². The van der Waals surface area contributed by atoms with Crippen LogP contribution in [0, 0.1) is 6.92 Å². The average molecular weight is 313 g/mol. The van der Waals surface area contributed by atoms with Crippen molar-refractivity contribution in [2.75, 3.05) is 0 Å². The molecular weight excluding hydrogens is 298 g/mol. The molecule has 17 heavy (non-hydrogen) atoms. The summed E-state index contributed by atoms with van der Waals surface area (Å²) in [4.78, 5) is 4.75. The largest absolute Gasteiger partial charge is 0.252 e. The summed E-state index contributed by atoms with van der Waals surface area (Å²) < 4.78 is 1.07. The first-order valence-electron chi connectivity index (χ1n) is 5.56. The summed E-state index contributed by atoms with van der Waals surface area (Å²) in [6.45, 7) is 8.49. The molecule has 0 atom stereocenters. The van der Waals surface area contributed by atoms with Crippen molar-refractivity contribution < 1.29 is 0 Å². The highest BCUT2D eigenvalue weighted by Gasteiger charge is 2.18. The van der Waals surface area contributed by atoms with E-state index in [9.17, 15) is 0 Å². The van der Waals surface area contributed by atoms with Gasteiger partial charge in [-0.15, -0.1) is 0 Å². The minimum absolute atomic E-state index is 0.00654. The van der Waals surface area contributed by atoms with Crippen LogP contribution in [-0.2, 0) is 5.41 Å². The SMILES string of the molecule is Cc1c(Br)ccc2c(Cl)cc(C(C)(C)C)nc12. The maximum absolute atomic E-state index is 6.34. The molecule has 0 aliphatic carbocycles. The zero-order valence-electron chi connectivity index (χ0n) is 10.4. The number of hydrogen-bond acceptors (Lipinski definition) is 1. The van der Waals surface area contributed by atoms with Gasteiger partial charge in [-0.05, 0) is 24.6 Å². The summed E-state index contributed by atoms with van der Waals surface area (Å²) in [7, 11) is 0. The van der Waals surface area contributed by atoms with E-state index in [1.54, 1.807) is 0 Å². The monoisotopic (exact) mass is 311 g/mol. The molecule has 0 saturated carbocycles. The topological polar surface area (TPSA) is 12.9 Å². The molecule has 0 amide bonds. The minimum atomic E-state index is 0.00654. The normalized spacial score (nSPS) is 12.1. The number of nitrogens with zero attached hydrogens (tertiary/aromatic N) is 1. The molecule has 0 saturated heterocycles. The third-order valence-corrected chi connectivity index (χ3v) is 4.06. The first kappa shape index (κ1) is 12.8. The second-order valence-corrected chi connectivity index (χ2v) is 6.57. The summed E-state index contributed by atoms with van der Waals surface area (Å²) in [5.41, 5.74) is 3.15. The summed E-state index contributed by atoms with van der Waals surface area (Å²) >= 11 is 9.87. The van der Waals surface area contributed by atoms with Gasteiger partial charge in [-0.25, -0.2) is 0 Å². The number of pyridine rings is 1. The lowest BCUT2D eigenvalue weighted by Crippen LogP contribution is -2.13. The van der Waals surface area contributed by atoms with Gasteiger partial charge in [0.2, 0.25) is 0 Å². The second kappa shape index (κ2) is 4.25. The molecule has 90 valence electrons. The van der Waals surface area contributed by atoms with Gasteiger partial charge in [-0.2, -0.15) is 0 Å². The molecule has 0 aliphatic rings. The Morgan fingerprint density at radius 3 is 2.47 bits per heavy atom. The predicted octanol–water partition coefficient (Wildman–Crippen LogP) is 5.26. The molecule has 0 spiro atoms. The van der Waals surface area contributed by atoms with Gasteiger partial charge in [0.15, 0.2) is 0 Å². The predicted molar refractivity (Wildman–Crippen MR) is 77.9 cm³/mol. The first-order valence-corrected chi connectivity index (χ1v) is 6.73.